The number of hydrogen-bond donors (Lipinski definition) is 0. The van der Waals surface area contributed by atoms with Crippen LogP contribution in [0, 0.1) is 0 Å². The largest absolute Gasteiger partial charge is 0.335 e. The fourth-order valence-electron chi connectivity index (χ4n) is 2.13. The molecule has 0 saturated heterocycles. The van der Waals surface area contributed by atoms with Crippen molar-refractivity contribution < 1.29 is 14.0 Å². The highest BCUT2D eigenvalue weighted by atomic mass is 19.1. The van der Waals surface area contributed by atoms with Crippen molar-refractivity contribution in [2.75, 3.05) is 11.9 Å². The monoisotopic (exact) mass is 369 g/mol. The minimum Gasteiger partial charge on any atom is -0.335 e. The zero-order chi connectivity index (χ0) is 19.8. The van der Waals surface area contributed by atoms with Crippen molar-refractivity contribution in [1.82, 2.24) is 15.2 Å². The Kier molecular flexibility index (Phi) is 6.87. The molecule has 0 aromatic carbocycles. The number of likely N-dealkylation sites (N-methyl/N-ethyl adjacent to an activating group) is 1. The van der Waals surface area contributed by atoms with E-state index in [1.807, 2.05) is 6.92 Å². The second kappa shape index (κ2) is 9.33. The van der Waals surface area contributed by atoms with Gasteiger partial charge in [-0.1, -0.05) is 18.7 Å². The lowest BCUT2D eigenvalue weighted by Gasteiger charge is -2.17. The van der Waals surface area contributed by atoms with Crippen LogP contribution >= 0.6 is 0 Å². The molecule has 0 radical (unpaired) electrons. The van der Waals surface area contributed by atoms with Crippen LogP contribution in [0.4, 0.5) is 10.2 Å². The van der Waals surface area contributed by atoms with E-state index in [2.05, 4.69) is 26.9 Å². The molecule has 140 valence electrons. The van der Waals surface area contributed by atoms with Gasteiger partial charge in [0.15, 0.2) is 0 Å². The highest BCUT2D eigenvalue weighted by molar-refractivity contribution is 6.05. The summed E-state index contributed by atoms with van der Waals surface area (Å²) in [6, 6.07) is 6.75. The van der Waals surface area contributed by atoms with Crippen LogP contribution in [-0.2, 0) is 4.79 Å². The molecule has 0 fully saturated rings. The van der Waals surface area contributed by atoms with E-state index in [0.29, 0.717) is 18.0 Å². The van der Waals surface area contributed by atoms with Gasteiger partial charge < -0.3 is 4.84 Å². The van der Waals surface area contributed by atoms with E-state index in [1.54, 1.807) is 30.5 Å². The number of rotatable bonds is 7. The molecular weight excluding hydrogens is 349 g/mol. The van der Waals surface area contributed by atoms with Crippen LogP contribution in [0.15, 0.2) is 65.9 Å². The standard InChI is InChI=1S/C19H20FN5O2/c1-5-15(20)13(3)19(26)25(4)17-10-9-14(12-21-17)16(6-2)24-27-18-8-7-11-22-23-18/h5,7-12H,1,6H2,2-4H3/b15-13-,24-16+. The van der Waals surface area contributed by atoms with Gasteiger partial charge in [-0.15, -0.1) is 5.10 Å². The zero-order valence-corrected chi connectivity index (χ0v) is 15.4. The SMILES string of the molecule is C=C/C(F)=C(\C)C(=O)N(C)c1ccc(/C(CC)=N/Oc2cccnn2)cn1. The Morgan fingerprint density at radius 2 is 2.19 bits per heavy atom. The number of nitrogens with zero attached hydrogens (tertiary/aromatic N) is 5. The van der Waals surface area contributed by atoms with Crippen molar-refractivity contribution in [2.45, 2.75) is 20.3 Å². The van der Waals surface area contributed by atoms with Gasteiger partial charge in [0.1, 0.15) is 11.6 Å². The van der Waals surface area contributed by atoms with E-state index >= 15 is 0 Å². The lowest BCUT2D eigenvalue weighted by Crippen LogP contribution is -2.28. The first kappa shape index (κ1) is 19.9. The van der Waals surface area contributed by atoms with Crippen LogP contribution < -0.4 is 9.74 Å². The van der Waals surface area contributed by atoms with Crippen LogP contribution in [0.25, 0.3) is 0 Å². The maximum Gasteiger partial charge on any atom is 0.267 e. The van der Waals surface area contributed by atoms with Gasteiger partial charge in [-0.05, 0) is 37.6 Å². The molecule has 1 amide bonds. The molecule has 0 spiro atoms. The molecule has 2 rings (SSSR count). The van der Waals surface area contributed by atoms with Gasteiger partial charge in [-0.25, -0.2) is 9.37 Å². The summed E-state index contributed by atoms with van der Waals surface area (Å²) >= 11 is 0. The normalized spacial score (nSPS) is 12.2. The average Bonchev–Trinajstić information content (AvgIpc) is 2.73. The summed E-state index contributed by atoms with van der Waals surface area (Å²) in [5, 5.41) is 11.6. The number of anilines is 1. The molecule has 0 aliphatic heterocycles. The molecule has 0 unspecified atom stereocenters. The quantitative estimate of drug-likeness (QED) is 0.323. The first-order valence-corrected chi connectivity index (χ1v) is 8.22. The van der Waals surface area contributed by atoms with Gasteiger partial charge in [-0.3, -0.25) is 9.69 Å². The highest BCUT2D eigenvalue weighted by Gasteiger charge is 2.17. The number of aromatic nitrogens is 3. The number of halogens is 1. The Balaban J connectivity index is 2.17. The van der Waals surface area contributed by atoms with Gasteiger partial charge in [0.25, 0.3) is 11.8 Å². The van der Waals surface area contributed by atoms with Gasteiger partial charge in [-0.2, -0.15) is 5.10 Å². The van der Waals surface area contributed by atoms with E-state index in [9.17, 15) is 9.18 Å². The van der Waals surface area contributed by atoms with Gasteiger partial charge in [0.2, 0.25) is 0 Å². The number of hydrogen-bond acceptors (Lipinski definition) is 6. The summed E-state index contributed by atoms with van der Waals surface area (Å²) in [5.74, 6) is -0.497. The molecule has 8 heteroatoms. The second-order valence-electron chi connectivity index (χ2n) is 5.49. The number of oxime groups is 1. The topological polar surface area (TPSA) is 80.6 Å². The van der Waals surface area contributed by atoms with Crippen molar-refractivity contribution in [3.63, 3.8) is 0 Å². The maximum atomic E-state index is 13.5. The van der Waals surface area contributed by atoms with Crippen molar-refractivity contribution in [2.24, 2.45) is 5.16 Å². The van der Waals surface area contributed by atoms with E-state index < -0.39 is 11.7 Å². The molecule has 0 saturated carbocycles. The van der Waals surface area contributed by atoms with Crippen molar-refractivity contribution >= 4 is 17.4 Å². The third kappa shape index (κ3) is 5.04. The van der Waals surface area contributed by atoms with Gasteiger partial charge in [0, 0.05) is 31.1 Å². The fraction of sp³-hybridized carbons (Fsp3) is 0.211. The van der Waals surface area contributed by atoms with Crippen LogP contribution in [0.2, 0.25) is 0 Å². The molecular formula is C19H20FN5O2. The summed E-state index contributed by atoms with van der Waals surface area (Å²) in [5.41, 5.74) is 1.35. The minimum absolute atomic E-state index is 0.0356. The summed E-state index contributed by atoms with van der Waals surface area (Å²) in [6.45, 7) is 6.65. The second-order valence-corrected chi connectivity index (χ2v) is 5.49. The van der Waals surface area contributed by atoms with Crippen molar-refractivity contribution in [3.8, 4) is 5.88 Å². The fourth-order valence-corrected chi connectivity index (χ4v) is 2.13. The summed E-state index contributed by atoms with van der Waals surface area (Å²) in [7, 11) is 1.52. The van der Waals surface area contributed by atoms with Crippen LogP contribution in [0.3, 0.4) is 0 Å². The predicted octanol–water partition coefficient (Wildman–Crippen LogP) is 3.46. The van der Waals surface area contributed by atoms with E-state index in [1.165, 1.54) is 25.1 Å². The Morgan fingerprint density at radius 3 is 2.74 bits per heavy atom. The number of allylic oxidation sites excluding steroid dienone is 2. The molecule has 7 nitrogen and oxygen atoms in total. The van der Waals surface area contributed by atoms with Crippen LogP contribution in [0.1, 0.15) is 25.8 Å². The molecule has 0 bridgehead atoms. The molecule has 2 heterocycles. The first-order valence-electron chi connectivity index (χ1n) is 8.22. The number of carbonyl (C=O) groups is 1. The highest BCUT2D eigenvalue weighted by Crippen LogP contribution is 2.16. The lowest BCUT2D eigenvalue weighted by molar-refractivity contribution is -0.115. The van der Waals surface area contributed by atoms with E-state index in [-0.39, 0.29) is 11.5 Å². The summed E-state index contributed by atoms with van der Waals surface area (Å²) in [4.78, 5) is 23.1. The van der Waals surface area contributed by atoms with E-state index in [4.69, 9.17) is 4.84 Å². The van der Waals surface area contributed by atoms with E-state index in [0.717, 1.165) is 11.6 Å². The molecule has 0 atom stereocenters. The average molecular weight is 369 g/mol. The minimum atomic E-state index is -0.662. The van der Waals surface area contributed by atoms with Crippen LogP contribution in [-0.4, -0.2) is 33.8 Å². The number of pyridine rings is 1. The van der Waals surface area contributed by atoms with Crippen molar-refractivity contribution in [1.29, 1.82) is 0 Å². The third-order valence-electron chi connectivity index (χ3n) is 3.72. The van der Waals surface area contributed by atoms with Crippen molar-refractivity contribution in [3.05, 3.63) is 66.3 Å². The molecule has 27 heavy (non-hydrogen) atoms. The number of carbonyl (C=O) groups excluding carboxylic acids is 1. The zero-order valence-electron chi connectivity index (χ0n) is 15.4. The van der Waals surface area contributed by atoms with Gasteiger partial charge >= 0.3 is 0 Å². The molecule has 0 aliphatic carbocycles. The molecule has 0 N–H and O–H groups in total. The Bertz CT molecular complexity index is 863. The third-order valence-corrected chi connectivity index (χ3v) is 3.72. The first-order chi connectivity index (χ1) is 13.0. The summed E-state index contributed by atoms with van der Waals surface area (Å²) < 4.78 is 13.5. The summed E-state index contributed by atoms with van der Waals surface area (Å²) in [6.07, 6.45) is 4.71. The predicted molar refractivity (Wildman–Crippen MR) is 101 cm³/mol. The number of amides is 1. The lowest BCUT2D eigenvalue weighted by atomic mass is 10.1. The van der Waals surface area contributed by atoms with Crippen LogP contribution in [0.5, 0.6) is 5.88 Å². The maximum absolute atomic E-state index is 13.5. The smallest absolute Gasteiger partial charge is 0.267 e. The Hall–Kier alpha value is -3.42. The van der Waals surface area contributed by atoms with Gasteiger partial charge in [0.05, 0.1) is 11.3 Å². The molecule has 2 aromatic heterocycles. The Morgan fingerprint density at radius 1 is 1.41 bits per heavy atom. The molecule has 0 aliphatic rings. The molecule has 2 aromatic rings. The Labute approximate surface area is 156 Å².